The van der Waals surface area contributed by atoms with Crippen LogP contribution in [0.25, 0.3) is 6.08 Å². The molecule has 1 amide bonds. The van der Waals surface area contributed by atoms with Crippen molar-refractivity contribution in [3.8, 4) is 5.75 Å². The molecule has 1 aromatic carbocycles. The highest BCUT2D eigenvalue weighted by Crippen LogP contribution is 2.26. The number of ether oxygens (including phenoxy) is 1. The molecule has 0 aromatic heterocycles. The number of halogens is 1. The van der Waals surface area contributed by atoms with E-state index in [1.165, 1.54) is 0 Å². The molecule has 1 heterocycles. The molecular weight excluding hydrogens is 276 g/mol. The molecule has 5 heteroatoms. The third-order valence-electron chi connectivity index (χ3n) is 2.83. The minimum absolute atomic E-state index is 0.174. The Morgan fingerprint density at radius 3 is 2.80 bits per heavy atom. The molecule has 1 aromatic rings. The van der Waals surface area contributed by atoms with Gasteiger partial charge in [0.2, 0.25) is 0 Å². The third kappa shape index (κ3) is 3.39. The summed E-state index contributed by atoms with van der Waals surface area (Å²) in [6.07, 6.45) is 2.47. The number of methoxy groups -OCH3 is 1. The maximum Gasteiger partial charge on any atom is 0.275 e. The van der Waals surface area contributed by atoms with E-state index in [0.717, 1.165) is 17.8 Å². The first-order valence-electron chi connectivity index (χ1n) is 6.43. The number of amidine groups is 1. The van der Waals surface area contributed by atoms with Gasteiger partial charge in [0.1, 0.15) is 17.3 Å². The van der Waals surface area contributed by atoms with E-state index in [1.807, 2.05) is 6.07 Å². The predicted octanol–water partition coefficient (Wildman–Crippen LogP) is 3.26. The van der Waals surface area contributed by atoms with Crippen LogP contribution in [-0.2, 0) is 4.79 Å². The molecule has 0 spiro atoms. The number of nitrogens with zero attached hydrogens (tertiary/aromatic N) is 1. The van der Waals surface area contributed by atoms with Crippen LogP contribution < -0.4 is 10.1 Å². The lowest BCUT2D eigenvalue weighted by atomic mass is 10.1. The number of aliphatic imine (C=N–C) groups is 1. The van der Waals surface area contributed by atoms with E-state index in [4.69, 9.17) is 16.3 Å². The standard InChI is InChI=1S/C15H17ClN2O2/c1-9(2)6-14-17-12(15(19)18-14)8-10-4-5-13(20-3)11(16)7-10/h4-5,7-9H,6H2,1-3H3,(H,17,18,19)/b12-8+. The molecule has 0 radical (unpaired) electrons. The Morgan fingerprint density at radius 1 is 1.45 bits per heavy atom. The van der Waals surface area contributed by atoms with E-state index in [1.54, 1.807) is 25.3 Å². The fraction of sp³-hybridized carbons (Fsp3) is 0.333. The highest BCUT2D eigenvalue weighted by Gasteiger charge is 2.20. The summed E-state index contributed by atoms with van der Waals surface area (Å²) in [5, 5.41) is 3.28. The van der Waals surface area contributed by atoms with Crippen molar-refractivity contribution in [2.24, 2.45) is 10.9 Å². The molecular formula is C15H17ClN2O2. The monoisotopic (exact) mass is 292 g/mol. The van der Waals surface area contributed by atoms with E-state index in [9.17, 15) is 4.79 Å². The van der Waals surface area contributed by atoms with Gasteiger partial charge in [-0.05, 0) is 29.7 Å². The zero-order valence-corrected chi connectivity index (χ0v) is 12.5. The molecule has 1 N–H and O–H groups in total. The summed E-state index contributed by atoms with van der Waals surface area (Å²) in [4.78, 5) is 16.1. The Labute approximate surface area is 123 Å². The summed E-state index contributed by atoms with van der Waals surface area (Å²) in [6.45, 7) is 4.17. The first-order chi connectivity index (χ1) is 9.49. The molecule has 1 aliphatic heterocycles. The van der Waals surface area contributed by atoms with Gasteiger partial charge in [-0.3, -0.25) is 4.79 Å². The van der Waals surface area contributed by atoms with Crippen LogP contribution in [0.4, 0.5) is 0 Å². The lowest BCUT2D eigenvalue weighted by Gasteiger charge is -2.03. The number of rotatable bonds is 4. The second-order valence-electron chi connectivity index (χ2n) is 5.03. The van der Waals surface area contributed by atoms with Gasteiger partial charge in [0.05, 0.1) is 12.1 Å². The van der Waals surface area contributed by atoms with Crippen LogP contribution in [0.3, 0.4) is 0 Å². The van der Waals surface area contributed by atoms with Gasteiger partial charge in [0.25, 0.3) is 5.91 Å². The first kappa shape index (κ1) is 14.6. The van der Waals surface area contributed by atoms with Gasteiger partial charge < -0.3 is 10.1 Å². The number of nitrogens with one attached hydrogen (secondary N) is 1. The second-order valence-corrected chi connectivity index (χ2v) is 5.44. The number of carbonyl (C=O) groups is 1. The molecule has 2 rings (SSSR count). The zero-order chi connectivity index (χ0) is 14.7. The summed E-state index contributed by atoms with van der Waals surface area (Å²) in [5.41, 5.74) is 1.22. The minimum atomic E-state index is -0.174. The van der Waals surface area contributed by atoms with Crippen LogP contribution in [0.15, 0.2) is 28.9 Å². The summed E-state index contributed by atoms with van der Waals surface area (Å²) in [7, 11) is 1.56. The zero-order valence-electron chi connectivity index (χ0n) is 11.7. The van der Waals surface area contributed by atoms with Crippen molar-refractivity contribution < 1.29 is 9.53 Å². The number of amides is 1. The number of hydrogen-bond acceptors (Lipinski definition) is 3. The summed E-state index contributed by atoms with van der Waals surface area (Å²) in [6, 6.07) is 5.35. The molecule has 0 unspecified atom stereocenters. The van der Waals surface area contributed by atoms with E-state index in [-0.39, 0.29) is 5.91 Å². The SMILES string of the molecule is COc1ccc(/C=C2/N=C(CC(C)C)NC2=O)cc1Cl. The van der Waals surface area contributed by atoms with Crippen molar-refractivity contribution in [2.75, 3.05) is 7.11 Å². The Kier molecular flexibility index (Phi) is 4.45. The van der Waals surface area contributed by atoms with Crippen molar-refractivity contribution >= 4 is 29.4 Å². The lowest BCUT2D eigenvalue weighted by molar-refractivity contribution is -0.115. The molecule has 0 fully saturated rings. The van der Waals surface area contributed by atoms with Gasteiger partial charge >= 0.3 is 0 Å². The molecule has 0 atom stereocenters. The molecule has 0 bridgehead atoms. The van der Waals surface area contributed by atoms with Gasteiger partial charge in [-0.15, -0.1) is 0 Å². The second kappa shape index (κ2) is 6.09. The van der Waals surface area contributed by atoms with Crippen LogP contribution >= 0.6 is 11.6 Å². The van der Waals surface area contributed by atoms with Crippen LogP contribution in [0, 0.1) is 5.92 Å². The van der Waals surface area contributed by atoms with Gasteiger partial charge in [0.15, 0.2) is 0 Å². The minimum Gasteiger partial charge on any atom is -0.495 e. The lowest BCUT2D eigenvalue weighted by Crippen LogP contribution is -2.24. The summed E-state index contributed by atoms with van der Waals surface area (Å²) < 4.78 is 5.09. The van der Waals surface area contributed by atoms with E-state index < -0.39 is 0 Å². The number of carbonyl (C=O) groups excluding carboxylic acids is 1. The van der Waals surface area contributed by atoms with Crippen molar-refractivity contribution in [1.82, 2.24) is 5.32 Å². The Balaban J connectivity index is 2.24. The van der Waals surface area contributed by atoms with Crippen LogP contribution in [0.5, 0.6) is 5.75 Å². The van der Waals surface area contributed by atoms with Gasteiger partial charge in [-0.1, -0.05) is 31.5 Å². The number of hydrogen-bond donors (Lipinski definition) is 1. The van der Waals surface area contributed by atoms with Gasteiger partial charge in [-0.25, -0.2) is 4.99 Å². The molecule has 0 aliphatic carbocycles. The predicted molar refractivity (Wildman–Crippen MR) is 81.0 cm³/mol. The smallest absolute Gasteiger partial charge is 0.275 e. The highest BCUT2D eigenvalue weighted by atomic mass is 35.5. The van der Waals surface area contributed by atoms with Crippen molar-refractivity contribution in [3.05, 3.63) is 34.5 Å². The van der Waals surface area contributed by atoms with Crippen molar-refractivity contribution in [3.63, 3.8) is 0 Å². The Morgan fingerprint density at radius 2 is 2.20 bits per heavy atom. The Hall–Kier alpha value is -1.81. The molecule has 0 saturated carbocycles. The average Bonchev–Trinajstić information content (AvgIpc) is 2.69. The largest absolute Gasteiger partial charge is 0.495 e. The quantitative estimate of drug-likeness (QED) is 0.866. The van der Waals surface area contributed by atoms with E-state index >= 15 is 0 Å². The topological polar surface area (TPSA) is 50.7 Å². The maximum atomic E-state index is 11.8. The maximum absolute atomic E-state index is 11.8. The Bertz CT molecular complexity index is 592. The van der Waals surface area contributed by atoms with E-state index in [2.05, 4.69) is 24.2 Å². The van der Waals surface area contributed by atoms with Gasteiger partial charge in [-0.2, -0.15) is 0 Å². The van der Waals surface area contributed by atoms with Crippen LogP contribution in [-0.4, -0.2) is 18.9 Å². The van der Waals surface area contributed by atoms with Crippen LogP contribution in [0.2, 0.25) is 5.02 Å². The number of benzene rings is 1. The summed E-state index contributed by atoms with van der Waals surface area (Å²) >= 11 is 6.06. The molecule has 0 saturated heterocycles. The highest BCUT2D eigenvalue weighted by molar-refractivity contribution is 6.32. The van der Waals surface area contributed by atoms with Crippen molar-refractivity contribution in [1.29, 1.82) is 0 Å². The van der Waals surface area contributed by atoms with Gasteiger partial charge in [0, 0.05) is 6.42 Å². The van der Waals surface area contributed by atoms with Crippen LogP contribution in [0.1, 0.15) is 25.8 Å². The molecule has 4 nitrogen and oxygen atoms in total. The molecule has 106 valence electrons. The van der Waals surface area contributed by atoms with E-state index in [0.29, 0.717) is 22.4 Å². The molecule has 20 heavy (non-hydrogen) atoms. The normalized spacial score (nSPS) is 16.6. The molecule has 1 aliphatic rings. The first-order valence-corrected chi connectivity index (χ1v) is 6.81. The summed E-state index contributed by atoms with van der Waals surface area (Å²) in [5.74, 6) is 1.60. The fourth-order valence-electron chi connectivity index (χ4n) is 1.93. The van der Waals surface area contributed by atoms with Crippen molar-refractivity contribution in [2.45, 2.75) is 20.3 Å². The average molecular weight is 293 g/mol. The third-order valence-corrected chi connectivity index (χ3v) is 3.12. The fourth-order valence-corrected chi connectivity index (χ4v) is 2.20.